The largest absolute Gasteiger partial charge is 0.481 e. The van der Waals surface area contributed by atoms with Crippen molar-refractivity contribution in [2.45, 2.75) is 127 Å². The van der Waals surface area contributed by atoms with E-state index in [0.717, 1.165) is 31.4 Å². The topological polar surface area (TPSA) is 135 Å². The number of hydrogen-bond acceptors (Lipinski definition) is 6. The average Bonchev–Trinajstić information content (AvgIpc) is 3.33. The van der Waals surface area contributed by atoms with Crippen molar-refractivity contribution in [1.82, 2.24) is 5.32 Å². The van der Waals surface area contributed by atoms with Crippen LogP contribution in [0.2, 0.25) is 0 Å². The summed E-state index contributed by atoms with van der Waals surface area (Å²) in [5.74, 6) is -2.10. The number of Topliss-reactive ketones (excluding diaryl/α,β-unsaturated/α-hetero) is 4. The lowest BCUT2D eigenvalue weighted by molar-refractivity contribution is -0.144. The molecule has 0 fully saturated rings. The van der Waals surface area contributed by atoms with Gasteiger partial charge in [-0.3, -0.25) is 28.8 Å². The number of benzene rings is 4. The summed E-state index contributed by atoms with van der Waals surface area (Å²) >= 11 is 0. The molecule has 8 nitrogen and oxygen atoms in total. The Morgan fingerprint density at radius 1 is 0.467 bits per heavy atom. The van der Waals surface area contributed by atoms with E-state index in [4.69, 9.17) is 5.11 Å². The Morgan fingerprint density at radius 2 is 0.800 bits per heavy atom. The van der Waals surface area contributed by atoms with E-state index in [1.54, 1.807) is 19.2 Å². The summed E-state index contributed by atoms with van der Waals surface area (Å²) in [6.45, 7) is 0. The molecular weight excluding hydrogens is 1010 g/mol. The fourth-order valence-corrected chi connectivity index (χ4v) is 8.56. The van der Waals surface area contributed by atoms with Gasteiger partial charge in [0.15, 0.2) is 23.1 Å². The van der Waals surface area contributed by atoms with Crippen LogP contribution in [-0.2, 0) is 47.1 Å². The van der Waals surface area contributed by atoms with Gasteiger partial charge < -0.3 is 10.4 Å². The van der Waals surface area contributed by atoms with Crippen LogP contribution in [0.4, 0.5) is 52.7 Å². The molecule has 0 atom stereocenters. The van der Waals surface area contributed by atoms with Crippen molar-refractivity contribution in [3.8, 4) is 0 Å². The number of aliphatic carboxylic acids is 1. The summed E-state index contributed by atoms with van der Waals surface area (Å²) in [6.07, 6.45) is -10.3. The van der Waals surface area contributed by atoms with E-state index in [1.807, 2.05) is 0 Å². The van der Waals surface area contributed by atoms with Gasteiger partial charge in [-0.05, 0) is 134 Å². The first-order valence-corrected chi connectivity index (χ1v) is 23.9. The Hall–Kier alpha value is -6.86. The highest BCUT2D eigenvalue weighted by atomic mass is 19.4. The first-order valence-electron chi connectivity index (χ1n) is 23.9. The molecule has 402 valence electrons. The van der Waals surface area contributed by atoms with E-state index in [2.05, 4.69) is 5.32 Å². The van der Waals surface area contributed by atoms with Crippen molar-refractivity contribution < 1.29 is 86.6 Å². The van der Waals surface area contributed by atoms with E-state index in [9.17, 15) is 81.5 Å². The maximum Gasteiger partial charge on any atom is 0.416 e. The molecular formula is C55H51F12NO7. The summed E-state index contributed by atoms with van der Waals surface area (Å²) in [7, 11) is 1.58. The Labute approximate surface area is 423 Å². The molecule has 6 rings (SSSR count). The van der Waals surface area contributed by atoms with Crippen LogP contribution in [0.1, 0.15) is 176 Å². The van der Waals surface area contributed by atoms with Crippen LogP contribution < -0.4 is 5.32 Å². The van der Waals surface area contributed by atoms with Crippen LogP contribution in [0.3, 0.4) is 0 Å². The highest BCUT2D eigenvalue weighted by molar-refractivity contribution is 6.14. The summed E-state index contributed by atoms with van der Waals surface area (Å²) in [4.78, 5) is 72.8. The standard InChI is InChI=1S/C28H27F6NO3.C27H24F6O4/c1-35-25(37)7-5-3-2-4-6-24(36)19-10-11-23-18(15-19)8-9-20(26(23)38)12-17-13-21(27(29,30)31)16-22(14-17)28(32,33)34;28-26(29,30)20-12-16(13-21(15-20)27(31,32)33)11-19-8-7-17-14-18(9-10-22(17)25(19)37)23(34)5-3-1-2-4-6-24(35)36/h10-16H,2-9H2,1H3,(H,35,37);9-15H,1-8H2,(H,35,36)/b20-12+;19-11+. The molecule has 2 aliphatic rings. The number of allylic oxidation sites excluding steroid dienone is 2. The molecule has 2 N–H and O–H groups in total. The smallest absolute Gasteiger partial charge is 0.416 e. The normalized spacial score (nSPS) is 15.0. The molecule has 1 amide bonds. The zero-order valence-electron chi connectivity index (χ0n) is 40.3. The monoisotopic (exact) mass is 1070 g/mol. The quantitative estimate of drug-likeness (QED) is 0.0438. The molecule has 0 aromatic heterocycles. The fraction of sp³-hybridized carbons (Fsp3) is 0.382. The van der Waals surface area contributed by atoms with Crippen molar-refractivity contribution in [3.05, 3.63) is 151 Å². The molecule has 0 saturated heterocycles. The second kappa shape index (κ2) is 25.1. The zero-order chi connectivity index (χ0) is 55.5. The molecule has 4 aromatic carbocycles. The number of fused-ring (bicyclic) bond motifs is 2. The third kappa shape index (κ3) is 17.1. The maximum absolute atomic E-state index is 13.2. The minimum Gasteiger partial charge on any atom is -0.481 e. The van der Waals surface area contributed by atoms with Crippen molar-refractivity contribution in [1.29, 1.82) is 0 Å². The number of nitrogens with one attached hydrogen (secondary N) is 1. The minimum atomic E-state index is -4.99. The van der Waals surface area contributed by atoms with Crippen LogP contribution >= 0.6 is 0 Å². The molecule has 0 heterocycles. The van der Waals surface area contributed by atoms with Gasteiger partial charge in [-0.2, -0.15) is 52.7 Å². The first-order chi connectivity index (χ1) is 35.0. The number of rotatable bonds is 18. The second-order valence-electron chi connectivity index (χ2n) is 18.2. The SMILES string of the molecule is CNC(=O)CCCCCCC(=O)c1ccc2c(c1)CC/C(=C\c1cc(C(F)(F)F)cc(C(F)(F)F)c1)C2=O.O=C(O)CCCCCCC(=O)c1ccc2c(c1)CC/C(=C\c1cc(C(F)(F)F)cc(C(F)(F)F)c1)C2=O. The molecule has 0 radical (unpaired) electrons. The number of ketones is 4. The number of carboxylic acids is 1. The Kier molecular flexibility index (Phi) is 19.8. The van der Waals surface area contributed by atoms with Crippen molar-refractivity contribution in [2.75, 3.05) is 7.05 Å². The molecule has 0 aliphatic heterocycles. The predicted octanol–water partition coefficient (Wildman–Crippen LogP) is 14.8. The number of hydrogen-bond donors (Lipinski definition) is 2. The van der Waals surface area contributed by atoms with Gasteiger partial charge in [-0.15, -0.1) is 0 Å². The van der Waals surface area contributed by atoms with E-state index in [1.165, 1.54) is 24.3 Å². The van der Waals surface area contributed by atoms with Gasteiger partial charge in [-0.25, -0.2) is 0 Å². The number of halogens is 12. The third-order valence-corrected chi connectivity index (χ3v) is 12.5. The number of carbonyl (C=O) groups excluding carboxylic acids is 5. The lowest BCUT2D eigenvalue weighted by atomic mass is 9.84. The van der Waals surface area contributed by atoms with Crippen molar-refractivity contribution >= 4 is 47.2 Å². The van der Waals surface area contributed by atoms with E-state index >= 15 is 0 Å². The van der Waals surface area contributed by atoms with Gasteiger partial charge >= 0.3 is 30.7 Å². The van der Waals surface area contributed by atoms with Gasteiger partial charge in [0.25, 0.3) is 0 Å². The van der Waals surface area contributed by atoms with E-state index in [0.29, 0.717) is 104 Å². The van der Waals surface area contributed by atoms with Gasteiger partial charge in [0, 0.05) is 66.1 Å². The third-order valence-electron chi connectivity index (χ3n) is 12.5. The average molecular weight is 1070 g/mol. The van der Waals surface area contributed by atoms with Gasteiger partial charge in [0.1, 0.15) is 0 Å². The molecule has 4 aromatic rings. The van der Waals surface area contributed by atoms with Crippen LogP contribution in [-0.4, -0.2) is 47.2 Å². The van der Waals surface area contributed by atoms with E-state index in [-0.39, 0.29) is 88.7 Å². The maximum atomic E-state index is 13.2. The molecule has 2 aliphatic carbocycles. The summed E-state index contributed by atoms with van der Waals surface area (Å²) in [5, 5.41) is 11.2. The first kappa shape index (κ1) is 59.0. The number of aryl methyl sites for hydroxylation is 2. The van der Waals surface area contributed by atoms with E-state index < -0.39 is 64.5 Å². The van der Waals surface area contributed by atoms with Gasteiger partial charge in [-0.1, -0.05) is 49.9 Å². The zero-order valence-corrected chi connectivity index (χ0v) is 40.3. The van der Waals surface area contributed by atoms with Crippen molar-refractivity contribution in [3.63, 3.8) is 0 Å². The highest BCUT2D eigenvalue weighted by Crippen LogP contribution is 2.40. The highest BCUT2D eigenvalue weighted by Gasteiger charge is 2.38. The molecule has 0 unspecified atom stereocenters. The van der Waals surface area contributed by atoms with Gasteiger partial charge in [0.05, 0.1) is 22.3 Å². The Bertz CT molecular complexity index is 2790. The number of carbonyl (C=O) groups is 6. The minimum absolute atomic E-state index is 0.0245. The Morgan fingerprint density at radius 3 is 1.12 bits per heavy atom. The number of unbranched alkanes of at least 4 members (excludes halogenated alkanes) is 6. The molecule has 20 heteroatoms. The van der Waals surface area contributed by atoms with Crippen LogP contribution in [0.5, 0.6) is 0 Å². The van der Waals surface area contributed by atoms with Gasteiger partial charge in [0.2, 0.25) is 5.91 Å². The molecule has 0 spiro atoms. The summed E-state index contributed by atoms with van der Waals surface area (Å²) < 4.78 is 158. The Balaban J connectivity index is 0.000000277. The molecule has 75 heavy (non-hydrogen) atoms. The second-order valence-corrected chi connectivity index (χ2v) is 18.2. The number of carboxylic acid groups (broad SMARTS) is 1. The fourth-order valence-electron chi connectivity index (χ4n) is 8.56. The van der Waals surface area contributed by atoms with Crippen LogP contribution in [0, 0.1) is 0 Å². The predicted molar refractivity (Wildman–Crippen MR) is 253 cm³/mol. The molecule has 0 saturated carbocycles. The van der Waals surface area contributed by atoms with Crippen LogP contribution in [0.15, 0.2) is 83.9 Å². The lowest BCUT2D eigenvalue weighted by Gasteiger charge is -2.19. The lowest BCUT2D eigenvalue weighted by Crippen LogP contribution is -2.16. The van der Waals surface area contributed by atoms with Crippen molar-refractivity contribution in [2.24, 2.45) is 0 Å². The number of alkyl halides is 12. The summed E-state index contributed by atoms with van der Waals surface area (Å²) in [5.41, 5.74) is -3.76. The summed E-state index contributed by atoms with van der Waals surface area (Å²) in [6, 6.07) is 11.6. The number of amides is 1. The van der Waals surface area contributed by atoms with Crippen LogP contribution in [0.25, 0.3) is 12.2 Å². The molecule has 0 bridgehead atoms.